The molecule has 4 rings (SSSR count). The van der Waals surface area contributed by atoms with E-state index in [0.29, 0.717) is 18.5 Å². The zero-order valence-corrected chi connectivity index (χ0v) is 11.4. The quantitative estimate of drug-likeness (QED) is 0.878. The molecule has 3 aliphatic carbocycles. The van der Waals surface area contributed by atoms with Crippen molar-refractivity contribution in [3.8, 4) is 5.75 Å². The standard InChI is InChI=1S/C13H19N3OS/c1-2-17-11-12(14)16-18-13(11)15-10-8-6-3-4-7(5-6)9(8)10/h6-10,15H,2-5H2,1H3,(H2,14,16). The van der Waals surface area contributed by atoms with Crippen LogP contribution in [0.4, 0.5) is 10.8 Å². The first-order chi connectivity index (χ1) is 8.79. The summed E-state index contributed by atoms with van der Waals surface area (Å²) in [5.74, 6) is 5.10. The highest BCUT2D eigenvalue weighted by molar-refractivity contribution is 7.11. The SMILES string of the molecule is CCOc1c(N)nsc1NC1C2C3CCC(C3)C12. The van der Waals surface area contributed by atoms with Crippen LogP contribution in [0.2, 0.25) is 0 Å². The number of nitrogens with two attached hydrogens (primary N) is 1. The van der Waals surface area contributed by atoms with E-state index in [9.17, 15) is 0 Å². The minimum atomic E-state index is 0.526. The lowest BCUT2D eigenvalue weighted by Gasteiger charge is -2.11. The summed E-state index contributed by atoms with van der Waals surface area (Å²) in [7, 11) is 0. The van der Waals surface area contributed by atoms with Gasteiger partial charge in [0, 0.05) is 6.04 Å². The smallest absolute Gasteiger partial charge is 0.197 e. The predicted octanol–water partition coefficient (Wildman–Crippen LogP) is 2.58. The van der Waals surface area contributed by atoms with Gasteiger partial charge in [-0.1, -0.05) is 0 Å². The van der Waals surface area contributed by atoms with Crippen molar-refractivity contribution in [1.82, 2.24) is 4.37 Å². The van der Waals surface area contributed by atoms with E-state index in [0.717, 1.165) is 34.4 Å². The van der Waals surface area contributed by atoms with Gasteiger partial charge in [-0.3, -0.25) is 0 Å². The van der Waals surface area contributed by atoms with Crippen molar-refractivity contribution in [2.24, 2.45) is 23.7 Å². The number of nitrogens with one attached hydrogen (secondary N) is 1. The molecular weight excluding hydrogens is 246 g/mol. The van der Waals surface area contributed by atoms with Crippen LogP contribution in [-0.4, -0.2) is 17.0 Å². The van der Waals surface area contributed by atoms with Gasteiger partial charge < -0.3 is 15.8 Å². The van der Waals surface area contributed by atoms with E-state index < -0.39 is 0 Å². The fourth-order valence-electron chi connectivity index (χ4n) is 4.34. The molecule has 3 aliphatic rings. The van der Waals surface area contributed by atoms with Gasteiger partial charge in [0.05, 0.1) is 6.61 Å². The molecule has 2 bridgehead atoms. The second-order valence-corrected chi connectivity index (χ2v) is 6.59. The third-order valence-corrected chi connectivity index (χ3v) is 5.77. The molecule has 4 atom stereocenters. The second kappa shape index (κ2) is 3.76. The topological polar surface area (TPSA) is 60.2 Å². The number of ether oxygens (including phenoxy) is 1. The van der Waals surface area contributed by atoms with E-state index in [2.05, 4.69) is 9.69 Å². The molecule has 4 unspecified atom stereocenters. The Labute approximate surface area is 111 Å². The van der Waals surface area contributed by atoms with Gasteiger partial charge in [0.15, 0.2) is 16.6 Å². The van der Waals surface area contributed by atoms with Gasteiger partial charge in [0.25, 0.3) is 0 Å². The van der Waals surface area contributed by atoms with Crippen LogP contribution in [0.5, 0.6) is 5.75 Å². The summed E-state index contributed by atoms with van der Waals surface area (Å²) in [5, 5.41) is 4.68. The van der Waals surface area contributed by atoms with E-state index >= 15 is 0 Å². The summed E-state index contributed by atoms with van der Waals surface area (Å²) in [6.07, 6.45) is 4.39. The molecule has 0 aliphatic heterocycles. The Bertz CT molecular complexity index is 459. The van der Waals surface area contributed by atoms with Crippen LogP contribution in [-0.2, 0) is 0 Å². The Morgan fingerprint density at radius 2 is 2.11 bits per heavy atom. The number of hydrogen-bond donors (Lipinski definition) is 2. The molecule has 0 saturated heterocycles. The van der Waals surface area contributed by atoms with Gasteiger partial charge in [0.1, 0.15) is 0 Å². The molecule has 0 radical (unpaired) electrons. The van der Waals surface area contributed by atoms with Gasteiger partial charge in [-0.15, -0.1) is 0 Å². The number of nitrogen functional groups attached to an aromatic ring is 1. The molecule has 1 heterocycles. The number of hydrogen-bond acceptors (Lipinski definition) is 5. The fourth-order valence-corrected chi connectivity index (χ4v) is 5.05. The van der Waals surface area contributed by atoms with E-state index in [-0.39, 0.29) is 0 Å². The number of fused-ring (bicyclic) bond motifs is 5. The number of nitrogens with zero attached hydrogens (tertiary/aromatic N) is 1. The molecule has 4 nitrogen and oxygen atoms in total. The summed E-state index contributed by atoms with van der Waals surface area (Å²) < 4.78 is 9.78. The maximum absolute atomic E-state index is 5.84. The molecule has 98 valence electrons. The third kappa shape index (κ3) is 1.40. The van der Waals surface area contributed by atoms with Crippen molar-refractivity contribution in [1.29, 1.82) is 0 Å². The molecule has 18 heavy (non-hydrogen) atoms. The Hall–Kier alpha value is -0.970. The number of rotatable bonds is 4. The third-order valence-electron chi connectivity index (χ3n) is 5.00. The van der Waals surface area contributed by atoms with E-state index in [1.165, 1.54) is 30.8 Å². The second-order valence-electron chi connectivity index (χ2n) is 5.82. The van der Waals surface area contributed by atoms with Gasteiger partial charge in [0.2, 0.25) is 0 Å². The molecule has 1 aromatic heterocycles. The zero-order valence-electron chi connectivity index (χ0n) is 10.6. The van der Waals surface area contributed by atoms with Crippen LogP contribution < -0.4 is 15.8 Å². The Kier molecular flexibility index (Phi) is 2.28. The molecule has 0 spiro atoms. The van der Waals surface area contributed by atoms with Crippen molar-refractivity contribution in [2.75, 3.05) is 17.7 Å². The average molecular weight is 265 g/mol. The maximum Gasteiger partial charge on any atom is 0.197 e. The lowest BCUT2D eigenvalue weighted by atomic mass is 10.0. The molecule has 1 aromatic rings. The van der Waals surface area contributed by atoms with Crippen molar-refractivity contribution in [3.63, 3.8) is 0 Å². The molecule has 3 fully saturated rings. The van der Waals surface area contributed by atoms with Crippen LogP contribution in [0, 0.1) is 23.7 Å². The van der Waals surface area contributed by atoms with Gasteiger partial charge in [-0.25, -0.2) is 0 Å². The van der Waals surface area contributed by atoms with E-state index in [1.807, 2.05) is 6.92 Å². The van der Waals surface area contributed by atoms with Crippen LogP contribution in [0.15, 0.2) is 0 Å². The summed E-state index contributed by atoms with van der Waals surface area (Å²) in [4.78, 5) is 0. The van der Waals surface area contributed by atoms with Crippen LogP contribution >= 0.6 is 11.5 Å². The van der Waals surface area contributed by atoms with Crippen molar-refractivity contribution >= 4 is 22.4 Å². The number of aromatic nitrogens is 1. The minimum absolute atomic E-state index is 0.526. The van der Waals surface area contributed by atoms with Crippen LogP contribution in [0.3, 0.4) is 0 Å². The largest absolute Gasteiger partial charge is 0.487 e. The average Bonchev–Trinajstić information content (AvgIpc) is 2.70. The summed E-state index contributed by atoms with van der Waals surface area (Å²) >= 11 is 1.43. The molecule has 5 heteroatoms. The van der Waals surface area contributed by atoms with Crippen molar-refractivity contribution in [2.45, 2.75) is 32.2 Å². The lowest BCUT2D eigenvalue weighted by molar-refractivity contribution is 0.344. The van der Waals surface area contributed by atoms with E-state index in [4.69, 9.17) is 10.5 Å². The molecule has 3 N–H and O–H groups in total. The first-order valence-corrected chi connectivity index (χ1v) is 7.71. The first-order valence-electron chi connectivity index (χ1n) is 6.94. The van der Waals surface area contributed by atoms with Gasteiger partial charge >= 0.3 is 0 Å². The van der Waals surface area contributed by atoms with E-state index in [1.54, 1.807) is 0 Å². The summed E-state index contributed by atoms with van der Waals surface area (Å²) in [6.45, 7) is 2.62. The molecule has 0 amide bonds. The molecular formula is C13H19N3OS. The molecule has 3 saturated carbocycles. The normalized spacial score (nSPS) is 39.7. The van der Waals surface area contributed by atoms with Crippen molar-refractivity contribution < 1.29 is 4.74 Å². The molecule has 0 aromatic carbocycles. The van der Waals surface area contributed by atoms with Crippen LogP contribution in [0.1, 0.15) is 26.2 Å². The monoisotopic (exact) mass is 265 g/mol. The fraction of sp³-hybridized carbons (Fsp3) is 0.769. The highest BCUT2D eigenvalue weighted by Crippen LogP contribution is 2.66. The number of anilines is 2. The Morgan fingerprint density at radius 3 is 2.78 bits per heavy atom. The van der Waals surface area contributed by atoms with Crippen molar-refractivity contribution in [3.05, 3.63) is 0 Å². The lowest BCUT2D eigenvalue weighted by Crippen LogP contribution is -2.12. The maximum atomic E-state index is 5.84. The van der Waals surface area contributed by atoms with Gasteiger partial charge in [-0.05, 0) is 61.4 Å². The zero-order chi connectivity index (χ0) is 12.3. The summed E-state index contributed by atoms with van der Waals surface area (Å²) in [6, 6.07) is 0.662. The van der Waals surface area contributed by atoms with Crippen LogP contribution in [0.25, 0.3) is 0 Å². The van der Waals surface area contributed by atoms with Gasteiger partial charge in [-0.2, -0.15) is 4.37 Å². The highest BCUT2D eigenvalue weighted by Gasteiger charge is 2.65. The Morgan fingerprint density at radius 1 is 1.39 bits per heavy atom. The first kappa shape index (κ1) is 10.9. The predicted molar refractivity (Wildman–Crippen MR) is 72.9 cm³/mol. The highest BCUT2D eigenvalue weighted by atomic mass is 32.1. The minimum Gasteiger partial charge on any atom is -0.487 e. The summed E-state index contributed by atoms with van der Waals surface area (Å²) in [5.41, 5.74) is 5.84. The Balaban J connectivity index is 1.50.